The highest BCUT2D eigenvalue weighted by atomic mass is 79.9. The lowest BCUT2D eigenvalue weighted by molar-refractivity contribution is -0.114. The first-order valence-electron chi connectivity index (χ1n) is 6.38. The fourth-order valence-electron chi connectivity index (χ4n) is 2.09. The van der Waals surface area contributed by atoms with Crippen LogP contribution in [0.15, 0.2) is 22.7 Å². The molecule has 0 saturated carbocycles. The van der Waals surface area contributed by atoms with Crippen LogP contribution < -0.4 is 4.90 Å². The zero-order chi connectivity index (χ0) is 14.5. The number of rotatable bonds is 7. The summed E-state index contributed by atoms with van der Waals surface area (Å²) < 4.78 is 11.0. The molecule has 1 aliphatic heterocycles. The molecule has 1 aromatic carbocycles. The minimum atomic E-state index is -0.493. The number of amides is 1. The van der Waals surface area contributed by atoms with E-state index in [9.17, 15) is 9.59 Å². The lowest BCUT2D eigenvalue weighted by Crippen LogP contribution is -2.32. The summed E-state index contributed by atoms with van der Waals surface area (Å²) in [6.07, 6.45) is 0.811. The molecule has 0 bridgehead atoms. The Balaban J connectivity index is 1.95. The number of hydrogen-bond donors (Lipinski definition) is 0. The minimum absolute atomic E-state index is 0.376. The van der Waals surface area contributed by atoms with Crippen LogP contribution in [0.5, 0.6) is 0 Å². The molecule has 108 valence electrons. The van der Waals surface area contributed by atoms with E-state index in [1.165, 1.54) is 4.90 Å². The molecule has 6 heteroatoms. The summed E-state index contributed by atoms with van der Waals surface area (Å²) in [6, 6.07) is 5.34. The highest BCUT2D eigenvalue weighted by Gasteiger charge is 2.36. The Bertz CT molecular complexity index is 518. The van der Waals surface area contributed by atoms with Crippen LogP contribution in [-0.4, -0.2) is 45.2 Å². The molecule has 0 spiro atoms. The van der Waals surface area contributed by atoms with Crippen LogP contribution in [0.3, 0.4) is 0 Å². The maximum Gasteiger partial charge on any atom is 0.299 e. The van der Waals surface area contributed by atoms with Gasteiger partial charge < -0.3 is 14.4 Å². The number of carbonyl (C=O) groups excluding carboxylic acids is 2. The fourth-order valence-corrected chi connectivity index (χ4v) is 2.62. The third kappa shape index (κ3) is 3.08. The van der Waals surface area contributed by atoms with Crippen LogP contribution in [0, 0.1) is 0 Å². The van der Waals surface area contributed by atoms with Crippen molar-refractivity contribution in [3.05, 3.63) is 28.2 Å². The van der Waals surface area contributed by atoms with Crippen molar-refractivity contribution in [2.24, 2.45) is 0 Å². The summed E-state index contributed by atoms with van der Waals surface area (Å²) in [5, 5.41) is 0. The number of methoxy groups -OCH3 is 1. The van der Waals surface area contributed by atoms with Crippen LogP contribution in [0.2, 0.25) is 0 Å². The largest absolute Gasteiger partial charge is 0.385 e. The molecule has 0 radical (unpaired) electrons. The molecule has 0 saturated heterocycles. The van der Waals surface area contributed by atoms with Crippen LogP contribution in [0.1, 0.15) is 16.8 Å². The maximum absolute atomic E-state index is 12.0. The summed E-state index contributed by atoms with van der Waals surface area (Å²) in [6.45, 7) is 2.00. The molecule has 1 heterocycles. The molecule has 1 aromatic rings. The third-order valence-electron chi connectivity index (χ3n) is 3.05. The van der Waals surface area contributed by atoms with Crippen molar-refractivity contribution in [2.45, 2.75) is 6.42 Å². The van der Waals surface area contributed by atoms with Crippen molar-refractivity contribution >= 4 is 33.3 Å². The predicted octanol–water partition coefficient (Wildman–Crippen LogP) is 2.03. The number of nitrogens with zero attached hydrogens (tertiary/aromatic N) is 1. The van der Waals surface area contributed by atoms with E-state index in [0.29, 0.717) is 42.1 Å². The molecule has 1 aliphatic rings. The lowest BCUT2D eigenvalue weighted by Gasteiger charge is -2.16. The van der Waals surface area contributed by atoms with E-state index < -0.39 is 11.7 Å². The normalized spacial score (nSPS) is 14.0. The second-order valence-electron chi connectivity index (χ2n) is 4.38. The molecule has 20 heavy (non-hydrogen) atoms. The van der Waals surface area contributed by atoms with E-state index in [1.54, 1.807) is 25.3 Å². The van der Waals surface area contributed by atoms with Gasteiger partial charge in [-0.25, -0.2) is 0 Å². The Morgan fingerprint density at radius 2 is 2.00 bits per heavy atom. The quantitative estimate of drug-likeness (QED) is 0.562. The van der Waals surface area contributed by atoms with Gasteiger partial charge in [-0.1, -0.05) is 6.07 Å². The molecule has 0 unspecified atom stereocenters. The smallest absolute Gasteiger partial charge is 0.299 e. The molecule has 5 nitrogen and oxygen atoms in total. The predicted molar refractivity (Wildman–Crippen MR) is 78.1 cm³/mol. The van der Waals surface area contributed by atoms with Crippen LogP contribution in [-0.2, 0) is 14.3 Å². The molecule has 0 aliphatic carbocycles. The number of fused-ring (bicyclic) bond motifs is 1. The molecule has 0 atom stereocenters. The van der Waals surface area contributed by atoms with E-state index in [4.69, 9.17) is 9.47 Å². The van der Waals surface area contributed by atoms with E-state index in [-0.39, 0.29) is 0 Å². The number of hydrogen-bond acceptors (Lipinski definition) is 4. The Morgan fingerprint density at radius 3 is 2.75 bits per heavy atom. The summed E-state index contributed by atoms with van der Waals surface area (Å²) in [5.41, 5.74) is 1.09. The minimum Gasteiger partial charge on any atom is -0.385 e. The maximum atomic E-state index is 12.0. The number of carbonyl (C=O) groups is 2. The van der Waals surface area contributed by atoms with E-state index in [2.05, 4.69) is 15.9 Å². The van der Waals surface area contributed by atoms with Gasteiger partial charge in [0.1, 0.15) is 0 Å². The number of benzene rings is 1. The third-order valence-corrected chi connectivity index (χ3v) is 3.71. The van der Waals surface area contributed by atoms with E-state index >= 15 is 0 Å². The number of ether oxygens (including phenoxy) is 2. The van der Waals surface area contributed by atoms with Gasteiger partial charge in [0, 0.05) is 31.3 Å². The van der Waals surface area contributed by atoms with Crippen LogP contribution >= 0.6 is 15.9 Å². The topological polar surface area (TPSA) is 55.8 Å². The lowest BCUT2D eigenvalue weighted by atomic mass is 10.1. The molecule has 0 aromatic heterocycles. The summed E-state index contributed by atoms with van der Waals surface area (Å²) in [4.78, 5) is 25.4. The molecule has 2 rings (SSSR count). The van der Waals surface area contributed by atoms with Gasteiger partial charge in [0.25, 0.3) is 11.7 Å². The van der Waals surface area contributed by atoms with Crippen molar-refractivity contribution in [3.63, 3.8) is 0 Å². The van der Waals surface area contributed by atoms with Gasteiger partial charge in [0.15, 0.2) is 0 Å². The molecule has 1 amide bonds. The Labute approximate surface area is 126 Å². The first-order valence-corrected chi connectivity index (χ1v) is 7.17. The summed E-state index contributed by atoms with van der Waals surface area (Å²) in [7, 11) is 1.64. The highest BCUT2D eigenvalue weighted by molar-refractivity contribution is 9.10. The average Bonchev–Trinajstić information content (AvgIpc) is 2.68. The van der Waals surface area contributed by atoms with Gasteiger partial charge in [0.05, 0.1) is 17.9 Å². The summed E-state index contributed by atoms with van der Waals surface area (Å²) >= 11 is 3.31. The average molecular weight is 342 g/mol. The SMILES string of the molecule is COCCCOCCN1C(=O)C(=O)c2c(Br)cccc21. The second-order valence-corrected chi connectivity index (χ2v) is 5.23. The van der Waals surface area contributed by atoms with Crippen molar-refractivity contribution in [3.8, 4) is 0 Å². The van der Waals surface area contributed by atoms with Crippen LogP contribution in [0.4, 0.5) is 5.69 Å². The number of ketones is 1. The van der Waals surface area contributed by atoms with Crippen molar-refractivity contribution < 1.29 is 19.1 Å². The number of halogens is 1. The van der Waals surface area contributed by atoms with Gasteiger partial charge in [-0.15, -0.1) is 0 Å². The number of anilines is 1. The zero-order valence-corrected chi connectivity index (χ0v) is 12.8. The van der Waals surface area contributed by atoms with E-state index in [1.807, 2.05) is 0 Å². The first kappa shape index (κ1) is 15.2. The van der Waals surface area contributed by atoms with Gasteiger partial charge >= 0.3 is 0 Å². The van der Waals surface area contributed by atoms with Crippen molar-refractivity contribution in [2.75, 3.05) is 38.4 Å². The zero-order valence-electron chi connectivity index (χ0n) is 11.2. The van der Waals surface area contributed by atoms with Gasteiger partial charge in [-0.2, -0.15) is 0 Å². The summed E-state index contributed by atoms with van der Waals surface area (Å²) in [5.74, 6) is -0.959. The van der Waals surface area contributed by atoms with Gasteiger partial charge in [-0.05, 0) is 34.5 Å². The Morgan fingerprint density at radius 1 is 1.20 bits per heavy atom. The van der Waals surface area contributed by atoms with Gasteiger partial charge in [0.2, 0.25) is 0 Å². The molecule has 0 fully saturated rings. The molecular weight excluding hydrogens is 326 g/mol. The molecule has 0 N–H and O–H groups in total. The standard InChI is InChI=1S/C14H16BrNO4/c1-19-7-3-8-20-9-6-16-11-5-2-4-10(15)12(11)13(17)14(16)18/h2,4-5H,3,6-9H2,1H3. The number of Topliss-reactive ketones (excluding diaryl/α,β-unsaturated/α-hetero) is 1. The van der Waals surface area contributed by atoms with E-state index in [0.717, 1.165) is 6.42 Å². The fraction of sp³-hybridized carbons (Fsp3) is 0.429. The van der Waals surface area contributed by atoms with Crippen LogP contribution in [0.25, 0.3) is 0 Å². The highest BCUT2D eigenvalue weighted by Crippen LogP contribution is 2.33. The van der Waals surface area contributed by atoms with Crippen molar-refractivity contribution in [1.29, 1.82) is 0 Å². The Hall–Kier alpha value is -1.24. The first-order chi connectivity index (χ1) is 9.66. The Kier molecular flexibility index (Phi) is 5.28. The monoisotopic (exact) mass is 341 g/mol. The molecular formula is C14H16BrNO4. The van der Waals surface area contributed by atoms with Crippen molar-refractivity contribution in [1.82, 2.24) is 0 Å². The van der Waals surface area contributed by atoms with Gasteiger partial charge in [-0.3, -0.25) is 9.59 Å². The second kappa shape index (κ2) is 6.97.